The van der Waals surface area contributed by atoms with Gasteiger partial charge in [-0.3, -0.25) is 9.59 Å². The smallest absolute Gasteiger partial charge is 0.303 e. The van der Waals surface area contributed by atoms with Crippen molar-refractivity contribution < 1.29 is 19.2 Å². The Labute approximate surface area is 125 Å². The Morgan fingerprint density at radius 3 is 2.77 bits per heavy atom. The van der Waals surface area contributed by atoms with Crippen LogP contribution in [0, 0.1) is 0 Å². The van der Waals surface area contributed by atoms with Gasteiger partial charge in [0.25, 0.3) is 5.91 Å². The number of hydrogen-bond acceptors (Lipinski definition) is 4. The van der Waals surface area contributed by atoms with Crippen molar-refractivity contribution in [2.45, 2.75) is 12.8 Å². The van der Waals surface area contributed by atoms with Gasteiger partial charge in [-0.15, -0.1) is 0 Å². The SMILES string of the molecule is O=C(O)CCCNC(=O)c1noc2c1ccc1ccccc12. The number of nitrogens with one attached hydrogen (secondary N) is 1. The van der Waals surface area contributed by atoms with Gasteiger partial charge in [-0.05, 0) is 17.9 Å². The molecule has 6 heteroatoms. The number of carboxylic acids is 1. The van der Waals surface area contributed by atoms with Crippen molar-refractivity contribution in [3.8, 4) is 0 Å². The fraction of sp³-hybridized carbons (Fsp3) is 0.188. The Morgan fingerprint density at radius 1 is 1.14 bits per heavy atom. The molecule has 0 aliphatic rings. The summed E-state index contributed by atoms with van der Waals surface area (Å²) in [5.41, 5.74) is 0.796. The second-order valence-corrected chi connectivity index (χ2v) is 4.95. The van der Waals surface area contributed by atoms with Crippen molar-refractivity contribution in [3.63, 3.8) is 0 Å². The number of fused-ring (bicyclic) bond motifs is 3. The zero-order valence-corrected chi connectivity index (χ0v) is 11.7. The Kier molecular flexibility index (Phi) is 3.74. The van der Waals surface area contributed by atoms with Crippen molar-refractivity contribution in [2.75, 3.05) is 6.54 Å². The van der Waals surface area contributed by atoms with E-state index in [0.717, 1.165) is 10.8 Å². The quantitative estimate of drug-likeness (QED) is 0.706. The highest BCUT2D eigenvalue weighted by atomic mass is 16.5. The maximum atomic E-state index is 12.1. The first-order valence-corrected chi connectivity index (χ1v) is 6.94. The van der Waals surface area contributed by atoms with Crippen LogP contribution in [0.25, 0.3) is 21.7 Å². The molecule has 0 saturated carbocycles. The first-order chi connectivity index (χ1) is 10.7. The molecule has 6 nitrogen and oxygen atoms in total. The van der Waals surface area contributed by atoms with E-state index < -0.39 is 5.97 Å². The van der Waals surface area contributed by atoms with Crippen molar-refractivity contribution in [2.24, 2.45) is 0 Å². The summed E-state index contributed by atoms with van der Waals surface area (Å²) in [6.07, 6.45) is 0.393. The average Bonchev–Trinajstić information content (AvgIpc) is 2.95. The Balaban J connectivity index is 1.84. The number of rotatable bonds is 5. The zero-order valence-electron chi connectivity index (χ0n) is 11.7. The predicted octanol–water partition coefficient (Wildman–Crippen LogP) is 2.58. The van der Waals surface area contributed by atoms with E-state index >= 15 is 0 Å². The average molecular weight is 298 g/mol. The van der Waals surface area contributed by atoms with Gasteiger partial charge in [0, 0.05) is 18.4 Å². The molecule has 0 atom stereocenters. The van der Waals surface area contributed by atoms with E-state index in [4.69, 9.17) is 9.63 Å². The minimum atomic E-state index is -0.882. The molecule has 0 bridgehead atoms. The number of aliphatic carboxylic acids is 1. The lowest BCUT2D eigenvalue weighted by Crippen LogP contribution is -2.25. The third kappa shape index (κ3) is 2.63. The maximum absolute atomic E-state index is 12.1. The van der Waals surface area contributed by atoms with Gasteiger partial charge in [0.05, 0.1) is 5.39 Å². The summed E-state index contributed by atoms with van der Waals surface area (Å²) in [4.78, 5) is 22.6. The van der Waals surface area contributed by atoms with Crippen LogP contribution in [0.5, 0.6) is 0 Å². The summed E-state index contributed by atoms with van der Waals surface area (Å²) in [6.45, 7) is 0.285. The summed E-state index contributed by atoms with van der Waals surface area (Å²) >= 11 is 0. The van der Waals surface area contributed by atoms with Crippen LogP contribution < -0.4 is 5.32 Å². The third-order valence-corrected chi connectivity index (χ3v) is 3.43. The van der Waals surface area contributed by atoms with Gasteiger partial charge in [0.2, 0.25) is 0 Å². The Hall–Kier alpha value is -2.89. The molecule has 1 aromatic heterocycles. The van der Waals surface area contributed by atoms with Crippen LogP contribution in [-0.4, -0.2) is 28.7 Å². The lowest BCUT2D eigenvalue weighted by molar-refractivity contribution is -0.137. The normalized spacial score (nSPS) is 10.9. The molecule has 2 aromatic carbocycles. The predicted molar refractivity (Wildman–Crippen MR) is 80.7 cm³/mol. The lowest BCUT2D eigenvalue weighted by Gasteiger charge is -2.01. The summed E-state index contributed by atoms with van der Waals surface area (Å²) in [5, 5.41) is 17.6. The number of nitrogens with zero attached hydrogens (tertiary/aromatic N) is 1. The van der Waals surface area contributed by atoms with Gasteiger partial charge in [0.1, 0.15) is 0 Å². The van der Waals surface area contributed by atoms with Gasteiger partial charge in [-0.2, -0.15) is 0 Å². The van der Waals surface area contributed by atoms with Gasteiger partial charge in [-0.1, -0.05) is 35.5 Å². The van der Waals surface area contributed by atoms with Crippen LogP contribution in [0.3, 0.4) is 0 Å². The highest BCUT2D eigenvalue weighted by Gasteiger charge is 2.17. The van der Waals surface area contributed by atoms with Crippen LogP contribution in [0.1, 0.15) is 23.3 Å². The lowest BCUT2D eigenvalue weighted by atomic mass is 10.1. The monoisotopic (exact) mass is 298 g/mol. The fourth-order valence-corrected chi connectivity index (χ4v) is 2.36. The minimum absolute atomic E-state index is 0.0183. The number of carboxylic acid groups (broad SMARTS) is 1. The van der Waals surface area contributed by atoms with Gasteiger partial charge in [0.15, 0.2) is 11.3 Å². The van der Waals surface area contributed by atoms with E-state index in [-0.39, 0.29) is 24.6 Å². The first-order valence-electron chi connectivity index (χ1n) is 6.94. The molecule has 3 aromatic rings. The van der Waals surface area contributed by atoms with E-state index in [0.29, 0.717) is 17.4 Å². The molecule has 1 heterocycles. The molecule has 2 N–H and O–H groups in total. The van der Waals surface area contributed by atoms with E-state index in [1.165, 1.54) is 0 Å². The molecule has 112 valence electrons. The van der Waals surface area contributed by atoms with Crippen LogP contribution in [0.4, 0.5) is 0 Å². The Bertz CT molecular complexity index is 854. The number of hydrogen-bond donors (Lipinski definition) is 2. The maximum Gasteiger partial charge on any atom is 0.303 e. The molecule has 0 aliphatic carbocycles. The summed E-state index contributed by atoms with van der Waals surface area (Å²) < 4.78 is 5.32. The van der Waals surface area contributed by atoms with Crippen molar-refractivity contribution in [1.29, 1.82) is 0 Å². The van der Waals surface area contributed by atoms with E-state index in [1.807, 2.05) is 30.3 Å². The highest BCUT2D eigenvalue weighted by molar-refractivity contribution is 6.11. The minimum Gasteiger partial charge on any atom is -0.481 e. The second kappa shape index (κ2) is 5.85. The van der Waals surface area contributed by atoms with Gasteiger partial charge in [-0.25, -0.2) is 0 Å². The molecule has 0 spiro atoms. The van der Waals surface area contributed by atoms with Crippen LogP contribution >= 0.6 is 0 Å². The van der Waals surface area contributed by atoms with Crippen molar-refractivity contribution >= 4 is 33.6 Å². The third-order valence-electron chi connectivity index (χ3n) is 3.43. The van der Waals surface area contributed by atoms with Crippen molar-refractivity contribution in [1.82, 2.24) is 10.5 Å². The molecule has 1 amide bonds. The van der Waals surface area contributed by atoms with Gasteiger partial charge >= 0.3 is 5.97 Å². The molecule has 0 aliphatic heterocycles. The molecular formula is C16H14N2O4. The summed E-state index contributed by atoms with van der Waals surface area (Å²) in [5.74, 6) is -1.24. The number of carbonyl (C=O) groups excluding carboxylic acids is 1. The van der Waals surface area contributed by atoms with Gasteiger partial charge < -0.3 is 14.9 Å². The standard InChI is InChI=1S/C16H14N2O4/c19-13(20)6-3-9-17-16(21)14-12-8-7-10-4-1-2-5-11(10)15(12)22-18-14/h1-2,4-5,7-8H,3,6,9H2,(H,17,21)(H,19,20). The molecule has 3 rings (SSSR count). The second-order valence-electron chi connectivity index (χ2n) is 4.95. The fourth-order valence-electron chi connectivity index (χ4n) is 2.36. The van der Waals surface area contributed by atoms with E-state index in [1.54, 1.807) is 6.07 Å². The number of aromatic nitrogens is 1. The number of carbonyl (C=O) groups is 2. The molecular weight excluding hydrogens is 284 g/mol. The molecule has 0 unspecified atom stereocenters. The topological polar surface area (TPSA) is 92.4 Å². The number of benzene rings is 2. The van der Waals surface area contributed by atoms with E-state index in [2.05, 4.69) is 10.5 Å². The molecule has 0 saturated heterocycles. The van der Waals surface area contributed by atoms with E-state index in [9.17, 15) is 9.59 Å². The zero-order chi connectivity index (χ0) is 15.5. The van der Waals surface area contributed by atoms with Crippen LogP contribution in [0.15, 0.2) is 40.9 Å². The molecule has 0 radical (unpaired) electrons. The van der Waals surface area contributed by atoms with Crippen molar-refractivity contribution in [3.05, 3.63) is 42.1 Å². The van der Waals surface area contributed by atoms with Crippen LogP contribution in [0.2, 0.25) is 0 Å². The number of amides is 1. The first kappa shape index (κ1) is 14.1. The Morgan fingerprint density at radius 2 is 1.95 bits per heavy atom. The molecule has 0 fully saturated rings. The summed E-state index contributed by atoms with van der Waals surface area (Å²) in [6, 6.07) is 11.4. The molecule has 22 heavy (non-hydrogen) atoms. The summed E-state index contributed by atoms with van der Waals surface area (Å²) in [7, 11) is 0. The van der Waals surface area contributed by atoms with Crippen LogP contribution in [-0.2, 0) is 4.79 Å². The largest absolute Gasteiger partial charge is 0.481 e. The highest BCUT2D eigenvalue weighted by Crippen LogP contribution is 2.27.